The molecule has 0 unspecified atom stereocenters. The number of nitrogens with zero attached hydrogens (tertiary/aromatic N) is 2. The molecule has 0 radical (unpaired) electrons. The first-order chi connectivity index (χ1) is 13.0. The van der Waals surface area contributed by atoms with Crippen LogP contribution < -0.4 is 0 Å². The van der Waals surface area contributed by atoms with Crippen LogP contribution in [0.15, 0.2) is 24.3 Å². The van der Waals surface area contributed by atoms with Crippen LogP contribution in [0.3, 0.4) is 0 Å². The van der Waals surface area contributed by atoms with Gasteiger partial charge in [0.05, 0.1) is 12.5 Å². The number of carboxylic acids is 1. The van der Waals surface area contributed by atoms with Crippen molar-refractivity contribution in [1.29, 1.82) is 0 Å². The number of amides is 2. The molecule has 2 aliphatic heterocycles. The van der Waals surface area contributed by atoms with Gasteiger partial charge in [-0.1, -0.05) is 12.1 Å². The standard InChI is InChI=1S/C20H26N2O5/c23-18-7-2-9-21(18)13-15-4-1-5-16(12-15)20(26)22(10-8-19(24)25)14-17-6-3-11-27-17/h1,4-5,12,17H,2-3,6-11,13-14H2,(H,24,25)/t17-/m0/s1. The monoisotopic (exact) mass is 374 g/mol. The van der Waals surface area contributed by atoms with Crippen molar-refractivity contribution in [3.8, 4) is 0 Å². The van der Waals surface area contributed by atoms with Gasteiger partial charge < -0.3 is 19.6 Å². The molecule has 0 bridgehead atoms. The highest BCUT2D eigenvalue weighted by molar-refractivity contribution is 5.94. The molecule has 7 nitrogen and oxygen atoms in total. The molecule has 0 aromatic heterocycles. The first-order valence-electron chi connectivity index (χ1n) is 9.52. The minimum Gasteiger partial charge on any atom is -0.481 e. The summed E-state index contributed by atoms with van der Waals surface area (Å²) in [6, 6.07) is 7.26. The summed E-state index contributed by atoms with van der Waals surface area (Å²) in [5.41, 5.74) is 1.42. The molecule has 27 heavy (non-hydrogen) atoms. The van der Waals surface area contributed by atoms with E-state index in [-0.39, 0.29) is 30.9 Å². The van der Waals surface area contributed by atoms with Crippen molar-refractivity contribution in [3.63, 3.8) is 0 Å². The number of carbonyl (C=O) groups excluding carboxylic acids is 2. The summed E-state index contributed by atoms with van der Waals surface area (Å²) in [6.07, 6.45) is 3.18. The van der Waals surface area contributed by atoms with Gasteiger partial charge in [0.15, 0.2) is 0 Å². The molecule has 2 heterocycles. The van der Waals surface area contributed by atoms with Crippen LogP contribution in [0.2, 0.25) is 0 Å². The van der Waals surface area contributed by atoms with E-state index in [9.17, 15) is 14.4 Å². The average molecular weight is 374 g/mol. The highest BCUT2D eigenvalue weighted by atomic mass is 16.5. The Labute approximate surface area is 158 Å². The van der Waals surface area contributed by atoms with E-state index in [1.165, 1.54) is 0 Å². The number of aliphatic carboxylic acids is 1. The molecule has 7 heteroatoms. The number of benzene rings is 1. The van der Waals surface area contributed by atoms with Gasteiger partial charge in [-0.3, -0.25) is 14.4 Å². The predicted octanol–water partition coefficient (Wildman–Crippen LogP) is 1.90. The lowest BCUT2D eigenvalue weighted by atomic mass is 10.1. The maximum Gasteiger partial charge on any atom is 0.305 e. The number of hydrogen-bond donors (Lipinski definition) is 1. The normalized spacial score (nSPS) is 19.5. The fourth-order valence-corrected chi connectivity index (χ4v) is 3.62. The molecule has 2 aliphatic rings. The quantitative estimate of drug-likeness (QED) is 0.751. The van der Waals surface area contributed by atoms with Gasteiger partial charge in [-0.25, -0.2) is 0 Å². The van der Waals surface area contributed by atoms with Crippen LogP contribution in [-0.4, -0.2) is 65.0 Å². The van der Waals surface area contributed by atoms with E-state index in [1.54, 1.807) is 21.9 Å². The smallest absolute Gasteiger partial charge is 0.305 e. The second kappa shape index (κ2) is 8.99. The number of rotatable bonds is 8. The number of carboxylic acid groups (broad SMARTS) is 1. The van der Waals surface area contributed by atoms with E-state index in [0.717, 1.165) is 31.4 Å². The third-order valence-corrected chi connectivity index (χ3v) is 5.05. The Bertz CT molecular complexity index is 699. The Kier molecular flexibility index (Phi) is 6.45. The van der Waals surface area contributed by atoms with Gasteiger partial charge in [0.2, 0.25) is 5.91 Å². The zero-order valence-corrected chi connectivity index (χ0v) is 15.4. The van der Waals surface area contributed by atoms with Crippen molar-refractivity contribution in [1.82, 2.24) is 9.80 Å². The second-order valence-electron chi connectivity index (χ2n) is 7.15. The first-order valence-corrected chi connectivity index (χ1v) is 9.52. The molecule has 2 fully saturated rings. The summed E-state index contributed by atoms with van der Waals surface area (Å²) in [5.74, 6) is -0.976. The third kappa shape index (κ3) is 5.29. The van der Waals surface area contributed by atoms with Crippen LogP contribution in [-0.2, 0) is 20.9 Å². The predicted molar refractivity (Wildman–Crippen MR) is 98.2 cm³/mol. The van der Waals surface area contributed by atoms with Gasteiger partial charge in [-0.2, -0.15) is 0 Å². The van der Waals surface area contributed by atoms with Gasteiger partial charge in [0.25, 0.3) is 5.91 Å². The molecule has 1 N–H and O–H groups in total. The van der Waals surface area contributed by atoms with Gasteiger partial charge in [-0.05, 0) is 37.0 Å². The number of hydrogen-bond acceptors (Lipinski definition) is 4. The van der Waals surface area contributed by atoms with Crippen molar-refractivity contribution in [2.75, 3.05) is 26.2 Å². The molecule has 3 rings (SSSR count). The maximum absolute atomic E-state index is 13.0. The van der Waals surface area contributed by atoms with Crippen LogP contribution in [0.4, 0.5) is 0 Å². The highest BCUT2D eigenvalue weighted by Crippen LogP contribution is 2.18. The van der Waals surface area contributed by atoms with Crippen molar-refractivity contribution in [2.45, 2.75) is 44.8 Å². The van der Waals surface area contributed by atoms with E-state index in [2.05, 4.69) is 0 Å². The summed E-state index contributed by atoms with van der Waals surface area (Å²) in [5, 5.41) is 9.00. The Balaban J connectivity index is 1.70. The summed E-state index contributed by atoms with van der Waals surface area (Å²) >= 11 is 0. The molecule has 1 aromatic rings. The lowest BCUT2D eigenvalue weighted by Crippen LogP contribution is -2.38. The van der Waals surface area contributed by atoms with E-state index in [0.29, 0.717) is 31.7 Å². The Morgan fingerprint density at radius 2 is 2.15 bits per heavy atom. The fourth-order valence-electron chi connectivity index (χ4n) is 3.62. The molecule has 2 saturated heterocycles. The summed E-state index contributed by atoms with van der Waals surface area (Å²) in [4.78, 5) is 39.2. The summed E-state index contributed by atoms with van der Waals surface area (Å²) in [7, 11) is 0. The van der Waals surface area contributed by atoms with E-state index < -0.39 is 5.97 Å². The van der Waals surface area contributed by atoms with Gasteiger partial charge in [0, 0.05) is 44.8 Å². The van der Waals surface area contributed by atoms with Crippen LogP contribution in [0.1, 0.15) is 48.0 Å². The molecule has 1 atom stereocenters. The Morgan fingerprint density at radius 1 is 1.30 bits per heavy atom. The minimum absolute atomic E-state index is 0.0341. The largest absolute Gasteiger partial charge is 0.481 e. The van der Waals surface area contributed by atoms with E-state index in [1.807, 2.05) is 12.1 Å². The number of likely N-dealkylation sites (tertiary alicyclic amines) is 1. The van der Waals surface area contributed by atoms with Gasteiger partial charge in [0.1, 0.15) is 0 Å². The van der Waals surface area contributed by atoms with Crippen LogP contribution >= 0.6 is 0 Å². The minimum atomic E-state index is -0.929. The summed E-state index contributed by atoms with van der Waals surface area (Å²) < 4.78 is 5.62. The zero-order chi connectivity index (χ0) is 19.2. The summed E-state index contributed by atoms with van der Waals surface area (Å²) in [6.45, 7) is 2.50. The van der Waals surface area contributed by atoms with Crippen LogP contribution in [0.25, 0.3) is 0 Å². The van der Waals surface area contributed by atoms with Crippen molar-refractivity contribution >= 4 is 17.8 Å². The van der Waals surface area contributed by atoms with Crippen molar-refractivity contribution in [2.24, 2.45) is 0 Å². The van der Waals surface area contributed by atoms with Crippen LogP contribution in [0.5, 0.6) is 0 Å². The SMILES string of the molecule is O=C(O)CCN(C[C@@H]1CCCO1)C(=O)c1cccc(CN2CCCC2=O)c1. The molecular formula is C20H26N2O5. The molecule has 0 aliphatic carbocycles. The second-order valence-corrected chi connectivity index (χ2v) is 7.15. The molecule has 1 aromatic carbocycles. The zero-order valence-electron chi connectivity index (χ0n) is 15.4. The van der Waals surface area contributed by atoms with Crippen molar-refractivity contribution in [3.05, 3.63) is 35.4 Å². The Hall–Kier alpha value is -2.41. The maximum atomic E-state index is 13.0. The van der Waals surface area contributed by atoms with Crippen molar-refractivity contribution < 1.29 is 24.2 Å². The highest BCUT2D eigenvalue weighted by Gasteiger charge is 2.25. The lowest BCUT2D eigenvalue weighted by molar-refractivity contribution is -0.137. The number of ether oxygens (including phenoxy) is 1. The topological polar surface area (TPSA) is 87.2 Å². The molecule has 0 saturated carbocycles. The van der Waals surface area contributed by atoms with E-state index in [4.69, 9.17) is 9.84 Å². The third-order valence-electron chi connectivity index (χ3n) is 5.05. The Morgan fingerprint density at radius 3 is 2.81 bits per heavy atom. The van der Waals surface area contributed by atoms with Gasteiger partial charge in [-0.15, -0.1) is 0 Å². The molecule has 146 valence electrons. The lowest BCUT2D eigenvalue weighted by Gasteiger charge is -2.25. The van der Waals surface area contributed by atoms with Crippen LogP contribution in [0, 0.1) is 0 Å². The fraction of sp³-hybridized carbons (Fsp3) is 0.550. The first kappa shape index (κ1) is 19.4. The van der Waals surface area contributed by atoms with E-state index >= 15 is 0 Å². The molecule has 2 amide bonds. The number of carbonyl (C=O) groups is 3. The molecular weight excluding hydrogens is 348 g/mol. The molecule has 0 spiro atoms. The van der Waals surface area contributed by atoms with Gasteiger partial charge >= 0.3 is 5.97 Å². The average Bonchev–Trinajstić information content (AvgIpc) is 3.30.